The monoisotopic (exact) mass is 403 g/mol. The highest BCUT2D eigenvalue weighted by Gasteiger charge is 2.22. The molecule has 2 amide bonds. The number of carbonyl (C=O) groups excluding carboxylic acids is 2. The van der Waals surface area contributed by atoms with Crippen LogP contribution in [0.2, 0.25) is 0 Å². The average Bonchev–Trinajstić information content (AvgIpc) is 2.68. The fourth-order valence-electron chi connectivity index (χ4n) is 2.70. The van der Waals surface area contributed by atoms with Gasteiger partial charge in [-0.25, -0.2) is 8.42 Å². The number of hydrogen-bond donors (Lipinski definition) is 1. The van der Waals surface area contributed by atoms with Crippen molar-refractivity contribution in [2.75, 3.05) is 32.5 Å². The minimum Gasteiger partial charge on any atom is -0.345 e. The van der Waals surface area contributed by atoms with Crippen molar-refractivity contribution in [3.63, 3.8) is 0 Å². The van der Waals surface area contributed by atoms with Crippen molar-refractivity contribution >= 4 is 27.5 Å². The van der Waals surface area contributed by atoms with Crippen molar-refractivity contribution < 1.29 is 18.0 Å². The number of sulfonamides is 1. The van der Waals surface area contributed by atoms with Crippen LogP contribution in [0.5, 0.6) is 0 Å². The molecule has 0 aliphatic rings. The van der Waals surface area contributed by atoms with E-state index in [9.17, 15) is 18.0 Å². The number of nitrogens with one attached hydrogen (secondary N) is 1. The second kappa shape index (κ2) is 8.99. The molecular weight excluding hydrogens is 378 g/mol. The Balaban J connectivity index is 2.27. The number of carbonyl (C=O) groups is 2. The van der Waals surface area contributed by atoms with Crippen LogP contribution in [0.25, 0.3) is 0 Å². The predicted octanol–water partition coefficient (Wildman–Crippen LogP) is 2.67. The van der Waals surface area contributed by atoms with Crippen molar-refractivity contribution in [2.45, 2.75) is 18.7 Å². The summed E-state index contributed by atoms with van der Waals surface area (Å²) < 4.78 is 26.7. The van der Waals surface area contributed by atoms with Gasteiger partial charge in [-0.3, -0.25) is 9.59 Å². The summed E-state index contributed by atoms with van der Waals surface area (Å²) in [7, 11) is -0.358. The largest absolute Gasteiger partial charge is 0.345 e. The van der Waals surface area contributed by atoms with Gasteiger partial charge in [-0.1, -0.05) is 26.0 Å². The summed E-state index contributed by atoms with van der Waals surface area (Å²) in [5, 5.41) is 2.71. The van der Waals surface area contributed by atoms with E-state index in [0.29, 0.717) is 24.3 Å². The van der Waals surface area contributed by atoms with Crippen LogP contribution < -0.4 is 5.32 Å². The van der Waals surface area contributed by atoms with E-state index in [-0.39, 0.29) is 16.4 Å². The van der Waals surface area contributed by atoms with Gasteiger partial charge in [0.2, 0.25) is 10.0 Å². The maximum absolute atomic E-state index is 12.7. The Kier molecular flexibility index (Phi) is 6.93. The Morgan fingerprint density at radius 3 is 2.14 bits per heavy atom. The molecule has 0 spiro atoms. The number of anilines is 1. The Labute approximate surface area is 166 Å². The van der Waals surface area contributed by atoms with Gasteiger partial charge in [-0.15, -0.1) is 0 Å². The van der Waals surface area contributed by atoms with Crippen LogP contribution in [-0.4, -0.2) is 56.6 Å². The second-order valence-electron chi connectivity index (χ2n) is 6.35. The lowest BCUT2D eigenvalue weighted by Crippen LogP contribution is -2.30. The maximum atomic E-state index is 12.7. The number of amides is 2. The first-order valence-electron chi connectivity index (χ1n) is 8.94. The van der Waals surface area contributed by atoms with E-state index < -0.39 is 15.9 Å². The second-order valence-corrected chi connectivity index (χ2v) is 8.29. The van der Waals surface area contributed by atoms with Crippen LogP contribution in [-0.2, 0) is 10.0 Å². The fourth-order valence-corrected chi connectivity index (χ4v) is 4.21. The van der Waals surface area contributed by atoms with Crippen LogP contribution in [0.1, 0.15) is 34.6 Å². The summed E-state index contributed by atoms with van der Waals surface area (Å²) >= 11 is 0. The quantitative estimate of drug-likeness (QED) is 0.770. The minimum atomic E-state index is -3.65. The van der Waals surface area contributed by atoms with Gasteiger partial charge in [0.15, 0.2) is 0 Å². The van der Waals surface area contributed by atoms with Gasteiger partial charge in [0.05, 0.1) is 4.90 Å². The highest BCUT2D eigenvalue weighted by Crippen LogP contribution is 2.18. The zero-order valence-corrected chi connectivity index (χ0v) is 17.3. The third-order valence-corrected chi connectivity index (χ3v) is 6.26. The molecule has 2 rings (SSSR count). The summed E-state index contributed by atoms with van der Waals surface area (Å²) in [4.78, 5) is 26.2. The standard InChI is InChI=1S/C20H25N3O4S/c1-5-23(6-2)28(26,27)18-12-8-9-15(14-18)19(24)21-17-11-7-10-16(13-17)20(25)22(3)4/h7-14H,5-6H2,1-4H3,(H,21,24). The lowest BCUT2D eigenvalue weighted by atomic mass is 10.1. The van der Waals surface area contributed by atoms with E-state index in [1.54, 1.807) is 58.3 Å². The van der Waals surface area contributed by atoms with Gasteiger partial charge >= 0.3 is 0 Å². The molecule has 0 atom stereocenters. The SMILES string of the molecule is CCN(CC)S(=O)(=O)c1cccc(C(=O)Nc2cccc(C(=O)N(C)C)c2)c1. The molecule has 0 fully saturated rings. The van der Waals surface area contributed by atoms with E-state index in [0.717, 1.165) is 0 Å². The van der Waals surface area contributed by atoms with Gasteiger partial charge in [0.1, 0.15) is 0 Å². The van der Waals surface area contributed by atoms with Gasteiger partial charge in [-0.05, 0) is 36.4 Å². The molecule has 28 heavy (non-hydrogen) atoms. The molecule has 0 aliphatic heterocycles. The Morgan fingerprint density at radius 1 is 0.929 bits per heavy atom. The van der Waals surface area contributed by atoms with Crippen LogP contribution in [0.3, 0.4) is 0 Å². The van der Waals surface area contributed by atoms with Gasteiger partial charge < -0.3 is 10.2 Å². The number of hydrogen-bond acceptors (Lipinski definition) is 4. The molecule has 8 heteroatoms. The molecule has 0 heterocycles. The molecule has 0 saturated heterocycles. The van der Waals surface area contributed by atoms with E-state index >= 15 is 0 Å². The molecule has 2 aromatic carbocycles. The van der Waals surface area contributed by atoms with Crippen molar-refractivity contribution in [1.82, 2.24) is 9.21 Å². The molecule has 150 valence electrons. The first-order valence-corrected chi connectivity index (χ1v) is 10.4. The molecule has 7 nitrogen and oxygen atoms in total. The fraction of sp³-hybridized carbons (Fsp3) is 0.300. The third kappa shape index (κ3) is 4.76. The molecule has 0 bridgehead atoms. The van der Waals surface area contributed by atoms with Gasteiger partial charge in [0, 0.05) is 44.0 Å². The molecule has 0 unspecified atom stereocenters. The first kappa shape index (κ1) is 21.6. The lowest BCUT2D eigenvalue weighted by molar-refractivity contribution is 0.0827. The zero-order valence-electron chi connectivity index (χ0n) is 16.5. The van der Waals surface area contributed by atoms with Crippen molar-refractivity contribution in [3.8, 4) is 0 Å². The van der Waals surface area contributed by atoms with Crippen molar-refractivity contribution in [2.24, 2.45) is 0 Å². The maximum Gasteiger partial charge on any atom is 0.255 e. The molecule has 0 saturated carbocycles. The van der Waals surface area contributed by atoms with Gasteiger partial charge in [0.25, 0.3) is 11.8 Å². The van der Waals surface area contributed by atoms with E-state index in [1.807, 2.05) is 0 Å². The average molecular weight is 404 g/mol. The lowest BCUT2D eigenvalue weighted by Gasteiger charge is -2.18. The molecule has 1 N–H and O–H groups in total. The number of nitrogens with zero attached hydrogens (tertiary/aromatic N) is 2. The van der Waals surface area contributed by atoms with E-state index in [2.05, 4.69) is 5.32 Å². The Bertz CT molecular complexity index is 967. The highest BCUT2D eigenvalue weighted by molar-refractivity contribution is 7.89. The molecule has 2 aromatic rings. The van der Waals surface area contributed by atoms with Crippen LogP contribution >= 0.6 is 0 Å². The Hall–Kier alpha value is -2.71. The Morgan fingerprint density at radius 2 is 1.54 bits per heavy atom. The number of rotatable bonds is 7. The summed E-state index contributed by atoms with van der Waals surface area (Å²) in [6.45, 7) is 4.23. The minimum absolute atomic E-state index is 0.0698. The molecule has 0 aromatic heterocycles. The summed E-state index contributed by atoms with van der Waals surface area (Å²) in [5.74, 6) is -0.630. The smallest absolute Gasteiger partial charge is 0.255 e. The van der Waals surface area contributed by atoms with Crippen molar-refractivity contribution in [1.29, 1.82) is 0 Å². The highest BCUT2D eigenvalue weighted by atomic mass is 32.2. The van der Waals surface area contributed by atoms with E-state index in [1.165, 1.54) is 27.4 Å². The topological polar surface area (TPSA) is 86.8 Å². The molecule has 0 radical (unpaired) electrons. The zero-order chi connectivity index (χ0) is 20.9. The molecule has 0 aliphatic carbocycles. The summed E-state index contributed by atoms with van der Waals surface area (Å²) in [6.07, 6.45) is 0. The summed E-state index contributed by atoms with van der Waals surface area (Å²) in [5.41, 5.74) is 1.12. The van der Waals surface area contributed by atoms with Crippen LogP contribution in [0.15, 0.2) is 53.4 Å². The van der Waals surface area contributed by atoms with Crippen molar-refractivity contribution in [3.05, 3.63) is 59.7 Å². The summed E-state index contributed by atoms with van der Waals surface area (Å²) in [6, 6.07) is 12.5. The van der Waals surface area contributed by atoms with E-state index in [4.69, 9.17) is 0 Å². The third-order valence-electron chi connectivity index (χ3n) is 4.21. The van der Waals surface area contributed by atoms with Crippen LogP contribution in [0, 0.1) is 0 Å². The van der Waals surface area contributed by atoms with Gasteiger partial charge in [-0.2, -0.15) is 4.31 Å². The number of benzene rings is 2. The van der Waals surface area contributed by atoms with Crippen LogP contribution in [0.4, 0.5) is 5.69 Å². The first-order chi connectivity index (χ1) is 13.2. The predicted molar refractivity (Wildman–Crippen MR) is 109 cm³/mol. The molecular formula is C20H25N3O4S. The normalized spacial score (nSPS) is 11.3.